The predicted octanol–water partition coefficient (Wildman–Crippen LogP) is 0.435. The zero-order valence-corrected chi connectivity index (χ0v) is 13.1. The van der Waals surface area contributed by atoms with Crippen LogP contribution in [0.1, 0.15) is 39.9 Å². The van der Waals surface area contributed by atoms with E-state index in [1.807, 2.05) is 6.07 Å². The number of hydrogen-bond donors (Lipinski definition) is 1. The number of rotatable bonds is 1. The number of nitrogens with zero attached hydrogens (tertiary/aromatic N) is 2. The number of amides is 3. The second kappa shape index (κ2) is 5.16. The zero-order chi connectivity index (χ0) is 16.1. The molecule has 4 rings (SSSR count). The van der Waals surface area contributed by atoms with Crippen LogP contribution in [0, 0.1) is 0 Å². The Balaban J connectivity index is 1.63. The number of benzene rings is 1. The first-order valence-electron chi connectivity index (χ1n) is 8.01. The highest BCUT2D eigenvalue weighted by molar-refractivity contribution is 6.05. The van der Waals surface area contributed by atoms with Crippen LogP contribution in [0.3, 0.4) is 0 Å². The van der Waals surface area contributed by atoms with Crippen LogP contribution in [-0.2, 0) is 29.1 Å². The Hall–Kier alpha value is -2.21. The van der Waals surface area contributed by atoms with E-state index < -0.39 is 6.04 Å². The molecule has 120 valence electrons. The number of piperidine rings is 1. The molecule has 0 aliphatic carbocycles. The van der Waals surface area contributed by atoms with Crippen molar-refractivity contribution in [3.05, 3.63) is 34.4 Å². The summed E-state index contributed by atoms with van der Waals surface area (Å²) in [6, 6.07) is 3.59. The lowest BCUT2D eigenvalue weighted by molar-refractivity contribution is -0.136. The first kappa shape index (κ1) is 14.4. The number of nitrogens with one attached hydrogen (secondary N) is 1. The lowest BCUT2D eigenvalue weighted by Crippen LogP contribution is -2.52. The van der Waals surface area contributed by atoms with Gasteiger partial charge >= 0.3 is 0 Å². The van der Waals surface area contributed by atoms with Gasteiger partial charge in [-0.25, -0.2) is 0 Å². The van der Waals surface area contributed by atoms with E-state index in [4.69, 9.17) is 0 Å². The van der Waals surface area contributed by atoms with Gasteiger partial charge in [0.2, 0.25) is 11.8 Å². The quantitative estimate of drug-likeness (QED) is 0.764. The van der Waals surface area contributed by atoms with Crippen molar-refractivity contribution in [3.8, 4) is 0 Å². The lowest BCUT2D eigenvalue weighted by Gasteiger charge is -2.29. The van der Waals surface area contributed by atoms with Crippen LogP contribution in [0.4, 0.5) is 0 Å². The van der Waals surface area contributed by atoms with Crippen LogP contribution in [0.25, 0.3) is 0 Å². The summed E-state index contributed by atoms with van der Waals surface area (Å²) in [5, 5.41) is 2.34. The van der Waals surface area contributed by atoms with Crippen molar-refractivity contribution in [1.29, 1.82) is 0 Å². The molecule has 1 aromatic rings. The monoisotopic (exact) mass is 313 g/mol. The Morgan fingerprint density at radius 2 is 1.87 bits per heavy atom. The molecule has 6 heteroatoms. The highest BCUT2D eigenvalue weighted by atomic mass is 16.2. The second-order valence-corrected chi connectivity index (χ2v) is 6.67. The number of carbonyl (C=O) groups excluding carboxylic acids is 3. The van der Waals surface area contributed by atoms with Gasteiger partial charge in [-0.3, -0.25) is 19.7 Å². The van der Waals surface area contributed by atoms with Crippen molar-refractivity contribution < 1.29 is 14.4 Å². The topological polar surface area (TPSA) is 69.7 Å². The summed E-state index contributed by atoms with van der Waals surface area (Å²) in [5.74, 6) is -0.702. The molecule has 23 heavy (non-hydrogen) atoms. The van der Waals surface area contributed by atoms with E-state index in [2.05, 4.69) is 23.3 Å². The largest absolute Gasteiger partial charge is 0.322 e. The molecule has 0 spiro atoms. The van der Waals surface area contributed by atoms with Gasteiger partial charge in [-0.1, -0.05) is 6.07 Å². The van der Waals surface area contributed by atoms with E-state index in [1.54, 1.807) is 4.90 Å². The number of carbonyl (C=O) groups is 3. The number of likely N-dealkylation sites (N-methyl/N-ethyl adjacent to an activating group) is 1. The molecule has 0 aromatic heterocycles. The third-order valence-corrected chi connectivity index (χ3v) is 5.05. The summed E-state index contributed by atoms with van der Waals surface area (Å²) in [6.07, 6.45) is 1.69. The molecule has 1 aromatic carbocycles. The average molecular weight is 313 g/mol. The highest BCUT2D eigenvalue weighted by Crippen LogP contribution is 2.31. The SMILES string of the molecule is CN1CCc2cc3c(cc2C1)C(=O)N([C@H]1CCC(=O)NC1=O)C3. The van der Waals surface area contributed by atoms with Crippen molar-refractivity contribution in [1.82, 2.24) is 15.1 Å². The van der Waals surface area contributed by atoms with Gasteiger partial charge in [0, 0.05) is 31.6 Å². The van der Waals surface area contributed by atoms with Crippen molar-refractivity contribution in [2.24, 2.45) is 0 Å². The van der Waals surface area contributed by atoms with Crippen LogP contribution in [0.2, 0.25) is 0 Å². The van der Waals surface area contributed by atoms with Crippen LogP contribution >= 0.6 is 0 Å². The summed E-state index contributed by atoms with van der Waals surface area (Å²) in [5.41, 5.74) is 4.22. The van der Waals surface area contributed by atoms with Gasteiger partial charge in [0.15, 0.2) is 0 Å². The Bertz CT molecular complexity index is 728. The molecule has 1 fully saturated rings. The number of imide groups is 1. The Labute approximate surface area is 134 Å². The maximum Gasteiger partial charge on any atom is 0.255 e. The summed E-state index contributed by atoms with van der Waals surface area (Å²) >= 11 is 0. The molecule has 6 nitrogen and oxygen atoms in total. The fourth-order valence-corrected chi connectivity index (χ4v) is 3.77. The summed E-state index contributed by atoms with van der Waals surface area (Å²) in [6.45, 7) is 2.34. The van der Waals surface area contributed by atoms with Crippen molar-refractivity contribution >= 4 is 17.7 Å². The molecule has 1 saturated heterocycles. The van der Waals surface area contributed by atoms with E-state index in [9.17, 15) is 14.4 Å². The zero-order valence-electron chi connectivity index (χ0n) is 13.1. The minimum absolute atomic E-state index is 0.0921. The fraction of sp³-hybridized carbons (Fsp3) is 0.471. The average Bonchev–Trinajstić information content (AvgIpc) is 2.82. The van der Waals surface area contributed by atoms with Crippen LogP contribution in [-0.4, -0.2) is 47.2 Å². The van der Waals surface area contributed by atoms with Gasteiger partial charge in [-0.15, -0.1) is 0 Å². The van der Waals surface area contributed by atoms with E-state index in [-0.39, 0.29) is 24.1 Å². The van der Waals surface area contributed by atoms with Gasteiger partial charge in [0.25, 0.3) is 5.91 Å². The van der Waals surface area contributed by atoms with Gasteiger partial charge in [-0.2, -0.15) is 0 Å². The van der Waals surface area contributed by atoms with E-state index in [0.29, 0.717) is 18.5 Å². The van der Waals surface area contributed by atoms with E-state index >= 15 is 0 Å². The molecule has 1 atom stereocenters. The molecule has 3 aliphatic heterocycles. The minimum Gasteiger partial charge on any atom is -0.322 e. The standard InChI is InChI=1S/C17H19N3O3/c1-19-5-4-10-6-12-9-20(14-2-3-15(21)18-16(14)22)17(23)13(12)7-11(10)8-19/h6-7,14H,2-5,8-9H2,1H3,(H,18,21,22)/t14-/m0/s1. The molecule has 0 bridgehead atoms. The van der Waals surface area contributed by atoms with Crippen LogP contribution in [0.15, 0.2) is 12.1 Å². The van der Waals surface area contributed by atoms with Crippen molar-refractivity contribution in [3.63, 3.8) is 0 Å². The van der Waals surface area contributed by atoms with E-state index in [1.165, 1.54) is 11.1 Å². The molecule has 1 N–H and O–H groups in total. The van der Waals surface area contributed by atoms with Crippen LogP contribution < -0.4 is 5.32 Å². The van der Waals surface area contributed by atoms with E-state index in [0.717, 1.165) is 25.1 Å². The minimum atomic E-state index is -0.535. The first-order chi connectivity index (χ1) is 11.0. The summed E-state index contributed by atoms with van der Waals surface area (Å²) < 4.78 is 0. The van der Waals surface area contributed by atoms with Crippen LogP contribution in [0.5, 0.6) is 0 Å². The number of hydrogen-bond acceptors (Lipinski definition) is 4. The molecular formula is C17H19N3O3. The lowest BCUT2D eigenvalue weighted by atomic mass is 9.95. The normalized spacial score (nSPS) is 24.5. The highest BCUT2D eigenvalue weighted by Gasteiger charge is 2.39. The smallest absolute Gasteiger partial charge is 0.255 e. The molecule has 0 unspecified atom stereocenters. The molecular weight excluding hydrogens is 294 g/mol. The fourth-order valence-electron chi connectivity index (χ4n) is 3.77. The van der Waals surface area contributed by atoms with Gasteiger partial charge in [-0.05, 0) is 42.6 Å². The Kier molecular flexibility index (Phi) is 3.23. The molecule has 0 saturated carbocycles. The number of fused-ring (bicyclic) bond motifs is 2. The van der Waals surface area contributed by atoms with Gasteiger partial charge in [0.1, 0.15) is 6.04 Å². The molecule has 0 radical (unpaired) electrons. The third-order valence-electron chi connectivity index (χ3n) is 5.05. The second-order valence-electron chi connectivity index (χ2n) is 6.67. The Morgan fingerprint density at radius 3 is 2.65 bits per heavy atom. The molecule has 3 aliphatic rings. The predicted molar refractivity (Wildman–Crippen MR) is 82.5 cm³/mol. The third kappa shape index (κ3) is 2.34. The Morgan fingerprint density at radius 1 is 1.04 bits per heavy atom. The first-order valence-corrected chi connectivity index (χ1v) is 8.01. The van der Waals surface area contributed by atoms with Crippen molar-refractivity contribution in [2.45, 2.75) is 38.4 Å². The maximum absolute atomic E-state index is 12.7. The van der Waals surface area contributed by atoms with Gasteiger partial charge < -0.3 is 9.80 Å². The summed E-state index contributed by atoms with van der Waals surface area (Å²) in [4.78, 5) is 39.9. The van der Waals surface area contributed by atoms with Crippen molar-refractivity contribution in [2.75, 3.05) is 13.6 Å². The molecule has 3 amide bonds. The summed E-state index contributed by atoms with van der Waals surface area (Å²) in [7, 11) is 2.08. The maximum atomic E-state index is 12.7. The van der Waals surface area contributed by atoms with Gasteiger partial charge in [0.05, 0.1) is 0 Å². The molecule has 3 heterocycles.